The molecule has 0 bridgehead atoms. The zero-order valence-corrected chi connectivity index (χ0v) is 21.7. The van der Waals surface area contributed by atoms with Crippen LogP contribution < -0.4 is 10.9 Å². The maximum Gasteiger partial charge on any atom is 0.262 e. The van der Waals surface area contributed by atoms with E-state index in [2.05, 4.69) is 22.4 Å². The molecule has 202 valence electrons. The van der Waals surface area contributed by atoms with E-state index in [1.54, 1.807) is 29.0 Å². The lowest BCUT2D eigenvalue weighted by molar-refractivity contribution is -0.141. The van der Waals surface area contributed by atoms with Crippen molar-refractivity contribution in [2.45, 2.75) is 37.3 Å². The average molecular weight is 530 g/mol. The molecule has 0 spiro atoms. The van der Waals surface area contributed by atoms with Gasteiger partial charge in [0.2, 0.25) is 5.91 Å². The molecule has 1 amide bonds. The van der Waals surface area contributed by atoms with Gasteiger partial charge in [-0.15, -0.1) is 0 Å². The summed E-state index contributed by atoms with van der Waals surface area (Å²) in [5.74, 6) is -0.140. The molecule has 2 aliphatic rings. The number of aromatic nitrogens is 3. The van der Waals surface area contributed by atoms with Crippen molar-refractivity contribution >= 4 is 16.9 Å². The van der Waals surface area contributed by atoms with Crippen LogP contribution in [0.25, 0.3) is 16.7 Å². The molecule has 6 rings (SSSR count). The molecule has 0 radical (unpaired) electrons. The van der Waals surface area contributed by atoms with E-state index in [4.69, 9.17) is 0 Å². The molecular formula is C30H32FN5O3. The van der Waals surface area contributed by atoms with E-state index >= 15 is 0 Å². The van der Waals surface area contributed by atoms with Gasteiger partial charge in [0.1, 0.15) is 12.1 Å². The number of piperidine rings is 2. The molecule has 2 N–H and O–H groups in total. The van der Waals surface area contributed by atoms with Crippen LogP contribution in [0, 0.1) is 11.7 Å². The van der Waals surface area contributed by atoms with E-state index in [0.29, 0.717) is 42.7 Å². The van der Waals surface area contributed by atoms with Crippen LogP contribution in [0.15, 0.2) is 78.0 Å². The number of carbonyl (C=O) groups is 1. The monoisotopic (exact) mass is 529 g/mol. The van der Waals surface area contributed by atoms with Gasteiger partial charge in [-0.2, -0.15) is 0 Å². The van der Waals surface area contributed by atoms with Crippen LogP contribution in [0.5, 0.6) is 0 Å². The number of fused-ring (bicyclic) bond motifs is 1. The summed E-state index contributed by atoms with van der Waals surface area (Å²) in [6.45, 7) is 2.61. The van der Waals surface area contributed by atoms with Crippen LogP contribution in [-0.2, 0) is 11.3 Å². The van der Waals surface area contributed by atoms with E-state index in [1.165, 1.54) is 28.6 Å². The Kier molecular flexibility index (Phi) is 6.78. The smallest absolute Gasteiger partial charge is 0.262 e. The van der Waals surface area contributed by atoms with Gasteiger partial charge in [0.25, 0.3) is 5.56 Å². The third-order valence-corrected chi connectivity index (χ3v) is 8.27. The molecule has 0 aliphatic carbocycles. The quantitative estimate of drug-likeness (QED) is 0.415. The first-order chi connectivity index (χ1) is 18.9. The minimum Gasteiger partial charge on any atom is -0.388 e. The van der Waals surface area contributed by atoms with E-state index < -0.39 is 5.60 Å². The fourth-order valence-corrected chi connectivity index (χ4v) is 6.03. The maximum atomic E-state index is 13.6. The number of nitrogens with one attached hydrogen (secondary N) is 1. The Bertz CT molecular complexity index is 1520. The number of benzene rings is 2. The van der Waals surface area contributed by atoms with E-state index in [0.717, 1.165) is 19.5 Å². The standard InChI is InChI=1S/C30H32FN5O3/c31-22-6-8-23(9-7-22)36-15-11-25-27(36)33-20-35(29(25)38)19-30(39)12-16-34(17-13-30)28(37)24-10-14-32-18-26(24)21-4-2-1-3-5-21/h1-9,11,15,20,24,26,32,39H,10,12-14,16-19H2/t24-,26+/m1/s1. The highest BCUT2D eigenvalue weighted by Crippen LogP contribution is 2.33. The molecule has 4 heterocycles. The van der Waals surface area contributed by atoms with Gasteiger partial charge in [0, 0.05) is 43.4 Å². The van der Waals surface area contributed by atoms with Gasteiger partial charge in [-0.1, -0.05) is 30.3 Å². The first-order valence-electron chi connectivity index (χ1n) is 13.5. The Morgan fingerprint density at radius 1 is 1.08 bits per heavy atom. The van der Waals surface area contributed by atoms with Crippen molar-refractivity contribution in [3.05, 3.63) is 94.9 Å². The zero-order valence-electron chi connectivity index (χ0n) is 21.7. The summed E-state index contributed by atoms with van der Waals surface area (Å²) in [5, 5.41) is 15.2. The number of nitrogens with zero attached hydrogens (tertiary/aromatic N) is 4. The third-order valence-electron chi connectivity index (χ3n) is 8.27. The second-order valence-corrected chi connectivity index (χ2v) is 10.7. The molecule has 2 saturated heterocycles. The molecule has 39 heavy (non-hydrogen) atoms. The summed E-state index contributed by atoms with van der Waals surface area (Å²) in [5.41, 5.74) is 1.00. The molecule has 0 saturated carbocycles. The number of aliphatic hydroxyl groups is 1. The molecule has 2 fully saturated rings. The predicted octanol–water partition coefficient (Wildman–Crippen LogP) is 3.07. The number of hydrogen-bond donors (Lipinski definition) is 2. The Balaban J connectivity index is 1.15. The van der Waals surface area contributed by atoms with E-state index in [9.17, 15) is 19.1 Å². The van der Waals surface area contributed by atoms with Gasteiger partial charge in [0.15, 0.2) is 5.65 Å². The van der Waals surface area contributed by atoms with Crippen molar-refractivity contribution in [2.24, 2.45) is 5.92 Å². The Morgan fingerprint density at radius 2 is 1.82 bits per heavy atom. The summed E-state index contributed by atoms with van der Waals surface area (Å²) in [7, 11) is 0. The molecule has 4 aromatic rings. The van der Waals surface area contributed by atoms with Crippen molar-refractivity contribution in [3.8, 4) is 5.69 Å². The fourth-order valence-electron chi connectivity index (χ4n) is 6.03. The molecule has 0 unspecified atom stereocenters. The van der Waals surface area contributed by atoms with Crippen LogP contribution in [-0.4, -0.2) is 61.8 Å². The van der Waals surface area contributed by atoms with Gasteiger partial charge in [-0.25, -0.2) is 9.37 Å². The molecule has 9 heteroatoms. The lowest BCUT2D eigenvalue weighted by atomic mass is 9.80. The maximum absolute atomic E-state index is 13.6. The summed E-state index contributed by atoms with van der Waals surface area (Å²) in [4.78, 5) is 33.2. The van der Waals surface area contributed by atoms with Gasteiger partial charge >= 0.3 is 0 Å². The highest BCUT2D eigenvalue weighted by Gasteiger charge is 2.39. The van der Waals surface area contributed by atoms with Crippen molar-refractivity contribution in [1.82, 2.24) is 24.3 Å². The number of halogens is 1. The lowest BCUT2D eigenvalue weighted by Crippen LogP contribution is -2.52. The van der Waals surface area contributed by atoms with Gasteiger partial charge in [-0.3, -0.25) is 14.2 Å². The molecular weight excluding hydrogens is 497 g/mol. The number of likely N-dealkylation sites (tertiary alicyclic amines) is 1. The second kappa shape index (κ2) is 10.4. The van der Waals surface area contributed by atoms with Crippen LogP contribution in [0.2, 0.25) is 0 Å². The van der Waals surface area contributed by atoms with Crippen molar-refractivity contribution in [3.63, 3.8) is 0 Å². The number of amides is 1. The Labute approximate surface area is 225 Å². The summed E-state index contributed by atoms with van der Waals surface area (Å²) in [6.07, 6.45) is 4.76. The molecule has 2 aliphatic heterocycles. The zero-order chi connectivity index (χ0) is 27.0. The second-order valence-electron chi connectivity index (χ2n) is 10.7. The highest BCUT2D eigenvalue weighted by atomic mass is 19.1. The van der Waals surface area contributed by atoms with Crippen molar-refractivity contribution < 1.29 is 14.3 Å². The molecule has 2 aromatic heterocycles. The Morgan fingerprint density at radius 3 is 2.56 bits per heavy atom. The van der Waals surface area contributed by atoms with E-state index in [1.807, 2.05) is 23.1 Å². The predicted molar refractivity (Wildman–Crippen MR) is 146 cm³/mol. The summed E-state index contributed by atoms with van der Waals surface area (Å²) >= 11 is 0. The molecule has 8 nitrogen and oxygen atoms in total. The number of carbonyl (C=O) groups excluding carboxylic acids is 1. The first-order valence-corrected chi connectivity index (χ1v) is 13.5. The largest absolute Gasteiger partial charge is 0.388 e. The van der Waals surface area contributed by atoms with Crippen LogP contribution >= 0.6 is 0 Å². The van der Waals surface area contributed by atoms with Crippen molar-refractivity contribution in [1.29, 1.82) is 0 Å². The van der Waals surface area contributed by atoms with Crippen LogP contribution in [0.1, 0.15) is 30.7 Å². The molecule has 2 atom stereocenters. The number of rotatable bonds is 5. The SMILES string of the molecule is O=C([C@@H]1CCNC[C@H]1c1ccccc1)N1CCC(O)(Cn2cnc3c(ccn3-c3ccc(F)cc3)c2=O)CC1. The lowest BCUT2D eigenvalue weighted by Gasteiger charge is -2.41. The van der Waals surface area contributed by atoms with Gasteiger partial charge < -0.3 is 19.9 Å². The van der Waals surface area contributed by atoms with Gasteiger partial charge in [-0.05, 0) is 61.7 Å². The van der Waals surface area contributed by atoms with Crippen LogP contribution in [0.4, 0.5) is 4.39 Å². The average Bonchev–Trinajstić information content (AvgIpc) is 3.40. The van der Waals surface area contributed by atoms with Crippen molar-refractivity contribution in [2.75, 3.05) is 26.2 Å². The minimum atomic E-state index is -1.11. The minimum absolute atomic E-state index is 0.0841. The summed E-state index contributed by atoms with van der Waals surface area (Å²) in [6, 6.07) is 17.9. The van der Waals surface area contributed by atoms with E-state index in [-0.39, 0.29) is 35.7 Å². The topological polar surface area (TPSA) is 92.4 Å². The normalized spacial score (nSPS) is 21.2. The van der Waals surface area contributed by atoms with Crippen LogP contribution in [0.3, 0.4) is 0 Å². The Hall–Kier alpha value is -3.82. The molecule has 2 aromatic carbocycles. The first kappa shape index (κ1) is 25.5. The highest BCUT2D eigenvalue weighted by molar-refractivity contribution is 5.80. The third kappa shape index (κ3) is 4.99. The fraction of sp³-hybridized carbons (Fsp3) is 0.367. The summed E-state index contributed by atoms with van der Waals surface area (Å²) < 4.78 is 16.5. The van der Waals surface area contributed by atoms with Gasteiger partial charge in [0.05, 0.1) is 17.5 Å². The number of hydrogen-bond acceptors (Lipinski definition) is 5.